The normalized spacial score (nSPS) is 14.5. The van der Waals surface area contributed by atoms with Gasteiger partial charge in [-0.2, -0.15) is 0 Å². The number of aromatic nitrogens is 1. The summed E-state index contributed by atoms with van der Waals surface area (Å²) in [5, 5.41) is 10.5. The molecule has 0 atom stereocenters. The maximum Gasteiger partial charge on any atom is 0.186 e. The Morgan fingerprint density at radius 2 is 2.05 bits per heavy atom. The summed E-state index contributed by atoms with van der Waals surface area (Å²) in [5.74, 6) is 0.595. The molecule has 1 N–H and O–H groups in total. The Hall–Kier alpha value is -1.39. The van der Waals surface area contributed by atoms with Crippen LogP contribution in [0, 0.1) is 0 Å². The van der Waals surface area contributed by atoms with Crippen molar-refractivity contribution in [3.63, 3.8) is 0 Å². The second-order valence-electron chi connectivity index (χ2n) is 5.24. The predicted octanol–water partition coefficient (Wildman–Crippen LogP) is 3.54. The molecule has 1 fully saturated rings. The number of anilines is 1. The Morgan fingerprint density at radius 1 is 1.30 bits per heavy atom. The molecule has 0 amide bonds. The molecule has 1 saturated carbocycles. The molecule has 3 rings (SSSR count). The maximum atomic E-state index is 9.50. The zero-order valence-corrected chi connectivity index (χ0v) is 12.6. The van der Waals surface area contributed by atoms with Crippen LogP contribution in [-0.2, 0) is 13.2 Å². The summed E-state index contributed by atoms with van der Waals surface area (Å²) in [6.07, 6.45) is 2.45. The van der Waals surface area contributed by atoms with Crippen LogP contribution in [0.15, 0.2) is 30.3 Å². The smallest absolute Gasteiger partial charge is 0.186 e. The van der Waals surface area contributed by atoms with Gasteiger partial charge >= 0.3 is 0 Å². The molecule has 1 aromatic heterocycles. The van der Waals surface area contributed by atoms with Crippen LogP contribution in [-0.4, -0.2) is 16.6 Å². The summed E-state index contributed by atoms with van der Waals surface area (Å²) < 4.78 is 0. The number of thiazole rings is 1. The fraction of sp³-hybridized carbons (Fsp3) is 0.438. The van der Waals surface area contributed by atoms with Gasteiger partial charge in [0.05, 0.1) is 17.2 Å². The van der Waals surface area contributed by atoms with E-state index < -0.39 is 0 Å². The SMILES string of the molecule is CCN(Cc1ccccc1)c1nc(C2CC2)c(CO)s1. The summed E-state index contributed by atoms with van der Waals surface area (Å²) in [7, 11) is 0. The first-order chi connectivity index (χ1) is 9.81. The first-order valence-corrected chi connectivity index (χ1v) is 8.02. The van der Waals surface area contributed by atoms with Crippen LogP contribution in [0.1, 0.15) is 41.8 Å². The highest BCUT2D eigenvalue weighted by Gasteiger charge is 2.30. The van der Waals surface area contributed by atoms with E-state index in [0.717, 1.165) is 28.8 Å². The highest BCUT2D eigenvalue weighted by atomic mass is 32.1. The van der Waals surface area contributed by atoms with Gasteiger partial charge in [0.25, 0.3) is 0 Å². The van der Waals surface area contributed by atoms with E-state index in [1.807, 2.05) is 6.07 Å². The first-order valence-electron chi connectivity index (χ1n) is 7.21. The number of benzene rings is 1. The molecule has 0 bridgehead atoms. The Balaban J connectivity index is 1.82. The molecule has 2 aromatic rings. The standard InChI is InChI=1S/C16H20N2OS/c1-2-18(10-12-6-4-3-5-7-12)16-17-15(13-8-9-13)14(11-19)20-16/h3-7,13,19H,2,8-11H2,1H3. The Labute approximate surface area is 123 Å². The lowest BCUT2D eigenvalue weighted by Gasteiger charge is -2.19. The molecule has 1 aliphatic rings. The lowest BCUT2D eigenvalue weighted by Crippen LogP contribution is -2.21. The molecule has 1 heterocycles. The molecule has 4 heteroatoms. The van der Waals surface area contributed by atoms with E-state index in [2.05, 4.69) is 36.1 Å². The lowest BCUT2D eigenvalue weighted by atomic mass is 10.2. The van der Waals surface area contributed by atoms with E-state index in [4.69, 9.17) is 4.98 Å². The van der Waals surface area contributed by atoms with Crippen molar-refractivity contribution in [1.82, 2.24) is 4.98 Å². The van der Waals surface area contributed by atoms with Gasteiger partial charge in [-0.05, 0) is 25.3 Å². The number of aliphatic hydroxyl groups is 1. The van der Waals surface area contributed by atoms with Crippen LogP contribution in [0.2, 0.25) is 0 Å². The number of rotatable bonds is 6. The quantitative estimate of drug-likeness (QED) is 0.883. The summed E-state index contributed by atoms with van der Waals surface area (Å²) in [4.78, 5) is 8.13. The van der Waals surface area contributed by atoms with Crippen molar-refractivity contribution in [2.45, 2.75) is 38.8 Å². The van der Waals surface area contributed by atoms with E-state index in [0.29, 0.717) is 5.92 Å². The van der Waals surface area contributed by atoms with E-state index in [-0.39, 0.29) is 6.61 Å². The van der Waals surface area contributed by atoms with Crippen LogP contribution in [0.3, 0.4) is 0 Å². The number of nitrogens with zero attached hydrogens (tertiary/aromatic N) is 2. The van der Waals surface area contributed by atoms with Gasteiger partial charge in [0.2, 0.25) is 0 Å². The van der Waals surface area contributed by atoms with Gasteiger partial charge in [-0.3, -0.25) is 0 Å². The largest absolute Gasteiger partial charge is 0.391 e. The fourth-order valence-electron chi connectivity index (χ4n) is 2.39. The summed E-state index contributed by atoms with van der Waals surface area (Å²) >= 11 is 1.64. The van der Waals surface area contributed by atoms with Gasteiger partial charge in [-0.25, -0.2) is 4.98 Å². The molecule has 0 spiro atoms. The van der Waals surface area contributed by atoms with Crippen LogP contribution in [0.25, 0.3) is 0 Å². The van der Waals surface area contributed by atoms with Gasteiger partial charge < -0.3 is 10.0 Å². The zero-order chi connectivity index (χ0) is 13.9. The molecular weight excluding hydrogens is 268 g/mol. The molecule has 106 valence electrons. The van der Waals surface area contributed by atoms with Crippen LogP contribution < -0.4 is 4.90 Å². The van der Waals surface area contributed by atoms with Crippen molar-refractivity contribution < 1.29 is 5.11 Å². The average molecular weight is 288 g/mol. The number of hydrogen-bond acceptors (Lipinski definition) is 4. The second kappa shape index (κ2) is 5.94. The predicted molar refractivity (Wildman–Crippen MR) is 83.2 cm³/mol. The molecule has 1 aromatic carbocycles. The minimum Gasteiger partial charge on any atom is -0.391 e. The number of aliphatic hydroxyl groups excluding tert-OH is 1. The van der Waals surface area contributed by atoms with E-state index >= 15 is 0 Å². The van der Waals surface area contributed by atoms with Crippen molar-refractivity contribution >= 4 is 16.5 Å². The van der Waals surface area contributed by atoms with Gasteiger partial charge in [0.1, 0.15) is 0 Å². The highest BCUT2D eigenvalue weighted by molar-refractivity contribution is 7.15. The summed E-state index contributed by atoms with van der Waals surface area (Å²) in [5.41, 5.74) is 2.43. The molecular formula is C16H20N2OS. The Bertz CT molecular complexity index is 563. The Kier molecular flexibility index (Phi) is 4.03. The molecule has 20 heavy (non-hydrogen) atoms. The molecule has 0 aliphatic heterocycles. The topological polar surface area (TPSA) is 36.4 Å². The lowest BCUT2D eigenvalue weighted by molar-refractivity contribution is 0.284. The van der Waals surface area contributed by atoms with Gasteiger partial charge in [-0.15, -0.1) is 0 Å². The minimum absolute atomic E-state index is 0.117. The highest BCUT2D eigenvalue weighted by Crippen LogP contribution is 2.44. The van der Waals surface area contributed by atoms with Crippen molar-refractivity contribution in [3.05, 3.63) is 46.5 Å². The third-order valence-electron chi connectivity index (χ3n) is 3.69. The van der Waals surface area contributed by atoms with Crippen molar-refractivity contribution in [1.29, 1.82) is 0 Å². The minimum atomic E-state index is 0.117. The Morgan fingerprint density at radius 3 is 2.65 bits per heavy atom. The van der Waals surface area contributed by atoms with Crippen LogP contribution in [0.5, 0.6) is 0 Å². The molecule has 1 aliphatic carbocycles. The van der Waals surface area contributed by atoms with Gasteiger partial charge in [0.15, 0.2) is 5.13 Å². The van der Waals surface area contributed by atoms with Crippen molar-refractivity contribution in [2.24, 2.45) is 0 Å². The van der Waals surface area contributed by atoms with E-state index in [1.165, 1.54) is 18.4 Å². The summed E-state index contributed by atoms with van der Waals surface area (Å²) in [6.45, 7) is 4.07. The summed E-state index contributed by atoms with van der Waals surface area (Å²) in [6, 6.07) is 10.5. The third-order valence-corrected chi connectivity index (χ3v) is 4.81. The maximum absolute atomic E-state index is 9.50. The molecule has 0 radical (unpaired) electrons. The van der Waals surface area contributed by atoms with E-state index in [9.17, 15) is 5.11 Å². The molecule has 0 unspecified atom stereocenters. The first kappa shape index (κ1) is 13.6. The zero-order valence-electron chi connectivity index (χ0n) is 11.7. The molecule has 0 saturated heterocycles. The fourth-order valence-corrected chi connectivity index (χ4v) is 3.46. The monoisotopic (exact) mass is 288 g/mol. The molecule has 3 nitrogen and oxygen atoms in total. The van der Waals surface area contributed by atoms with Crippen molar-refractivity contribution in [2.75, 3.05) is 11.4 Å². The third kappa shape index (κ3) is 2.86. The average Bonchev–Trinajstić information content (AvgIpc) is 3.25. The van der Waals surface area contributed by atoms with Gasteiger partial charge in [0, 0.05) is 19.0 Å². The second-order valence-corrected chi connectivity index (χ2v) is 6.30. The van der Waals surface area contributed by atoms with Crippen molar-refractivity contribution in [3.8, 4) is 0 Å². The van der Waals surface area contributed by atoms with Crippen LogP contribution >= 0.6 is 11.3 Å². The number of hydrogen-bond donors (Lipinski definition) is 1. The van der Waals surface area contributed by atoms with Gasteiger partial charge in [-0.1, -0.05) is 41.7 Å². The van der Waals surface area contributed by atoms with Crippen LogP contribution in [0.4, 0.5) is 5.13 Å². The van der Waals surface area contributed by atoms with E-state index in [1.54, 1.807) is 11.3 Å².